The van der Waals surface area contributed by atoms with Crippen LogP contribution in [0.1, 0.15) is 43.2 Å². The number of morpholine rings is 1. The van der Waals surface area contributed by atoms with Crippen molar-refractivity contribution < 1.29 is 14.3 Å². The van der Waals surface area contributed by atoms with Crippen LogP contribution >= 0.6 is 0 Å². The summed E-state index contributed by atoms with van der Waals surface area (Å²) in [6, 6.07) is 7.99. The fraction of sp³-hybridized carbons (Fsp3) is 0.636. The summed E-state index contributed by atoms with van der Waals surface area (Å²) in [4.78, 5) is 26.4. The van der Waals surface area contributed by atoms with Gasteiger partial charge in [-0.15, -0.1) is 0 Å². The maximum absolute atomic E-state index is 12.1. The van der Waals surface area contributed by atoms with Gasteiger partial charge in [0.2, 0.25) is 5.91 Å². The number of ether oxygens (including phenoxy) is 1. The number of carbonyl (C=O) groups is 2. The number of nitrogens with one attached hydrogen (secondary N) is 3. The first kappa shape index (κ1) is 21.6. The molecule has 7 heteroatoms. The Morgan fingerprint density at radius 2 is 1.66 bits per heavy atom. The zero-order valence-corrected chi connectivity index (χ0v) is 17.3. The Bertz CT molecular complexity index is 655. The smallest absolute Gasteiger partial charge is 0.315 e. The summed E-state index contributed by atoms with van der Waals surface area (Å²) in [5.74, 6) is 0.639. The van der Waals surface area contributed by atoms with Crippen molar-refractivity contribution in [2.75, 3.05) is 39.4 Å². The SMILES string of the molecule is O=C(CC1CCCC1)NCCNC(=O)NCc1ccccc1CN1CCOCC1. The largest absolute Gasteiger partial charge is 0.379 e. The van der Waals surface area contributed by atoms with Crippen LogP contribution in [0.15, 0.2) is 24.3 Å². The molecule has 1 aromatic carbocycles. The van der Waals surface area contributed by atoms with Gasteiger partial charge in [-0.3, -0.25) is 9.69 Å². The molecule has 1 heterocycles. The molecule has 160 valence electrons. The molecule has 2 fully saturated rings. The molecule has 0 spiro atoms. The number of hydrogen-bond donors (Lipinski definition) is 3. The summed E-state index contributed by atoms with van der Waals surface area (Å²) in [6.45, 7) is 5.68. The van der Waals surface area contributed by atoms with E-state index in [1.165, 1.54) is 31.2 Å². The standard InChI is InChI=1S/C22H34N4O3/c27-21(15-18-5-1-2-6-18)23-9-10-24-22(28)25-16-19-7-3-4-8-20(19)17-26-11-13-29-14-12-26/h3-4,7-8,18H,1-2,5-6,9-17H2,(H,23,27)(H2,24,25,28). The third-order valence-corrected chi connectivity index (χ3v) is 5.74. The van der Waals surface area contributed by atoms with E-state index >= 15 is 0 Å². The molecule has 3 rings (SSSR count). The molecule has 0 aromatic heterocycles. The zero-order chi connectivity index (χ0) is 20.3. The van der Waals surface area contributed by atoms with E-state index in [1.807, 2.05) is 12.1 Å². The van der Waals surface area contributed by atoms with E-state index in [2.05, 4.69) is 33.0 Å². The van der Waals surface area contributed by atoms with Crippen molar-refractivity contribution in [3.63, 3.8) is 0 Å². The summed E-state index contributed by atoms with van der Waals surface area (Å²) in [6.07, 6.45) is 5.44. The van der Waals surface area contributed by atoms with Crippen molar-refractivity contribution in [1.82, 2.24) is 20.9 Å². The van der Waals surface area contributed by atoms with E-state index in [4.69, 9.17) is 4.74 Å². The highest BCUT2D eigenvalue weighted by molar-refractivity contribution is 5.76. The molecular weight excluding hydrogens is 368 g/mol. The van der Waals surface area contributed by atoms with Gasteiger partial charge in [-0.1, -0.05) is 37.1 Å². The summed E-state index contributed by atoms with van der Waals surface area (Å²) in [7, 11) is 0. The van der Waals surface area contributed by atoms with Crippen molar-refractivity contribution in [3.05, 3.63) is 35.4 Å². The number of benzene rings is 1. The number of amides is 3. The molecule has 1 aliphatic carbocycles. The molecule has 0 bridgehead atoms. The molecule has 1 aliphatic heterocycles. The minimum absolute atomic E-state index is 0.0937. The van der Waals surface area contributed by atoms with Gasteiger partial charge >= 0.3 is 6.03 Å². The minimum atomic E-state index is -0.212. The summed E-state index contributed by atoms with van der Waals surface area (Å²) < 4.78 is 5.41. The number of urea groups is 1. The average Bonchev–Trinajstić information content (AvgIpc) is 3.24. The molecular formula is C22H34N4O3. The van der Waals surface area contributed by atoms with E-state index in [-0.39, 0.29) is 11.9 Å². The maximum atomic E-state index is 12.1. The van der Waals surface area contributed by atoms with Gasteiger partial charge in [0.25, 0.3) is 0 Å². The fourth-order valence-corrected chi connectivity index (χ4v) is 4.05. The van der Waals surface area contributed by atoms with Gasteiger partial charge in [0.05, 0.1) is 13.2 Å². The van der Waals surface area contributed by atoms with E-state index in [0.29, 0.717) is 32.0 Å². The number of hydrogen-bond acceptors (Lipinski definition) is 4. The highest BCUT2D eigenvalue weighted by atomic mass is 16.5. The molecule has 0 unspecified atom stereocenters. The highest BCUT2D eigenvalue weighted by Crippen LogP contribution is 2.27. The second-order valence-corrected chi connectivity index (χ2v) is 7.97. The van der Waals surface area contributed by atoms with Crippen LogP contribution in [0.5, 0.6) is 0 Å². The topological polar surface area (TPSA) is 82.7 Å². The van der Waals surface area contributed by atoms with Crippen molar-refractivity contribution in [2.45, 2.75) is 45.2 Å². The normalized spacial score (nSPS) is 17.8. The van der Waals surface area contributed by atoms with Crippen molar-refractivity contribution >= 4 is 11.9 Å². The lowest BCUT2D eigenvalue weighted by molar-refractivity contribution is -0.121. The molecule has 1 aromatic rings. The molecule has 2 aliphatic rings. The molecule has 0 radical (unpaired) electrons. The highest BCUT2D eigenvalue weighted by Gasteiger charge is 2.18. The summed E-state index contributed by atoms with van der Waals surface area (Å²) in [5.41, 5.74) is 2.35. The third-order valence-electron chi connectivity index (χ3n) is 5.74. The molecule has 1 saturated carbocycles. The number of rotatable bonds is 9. The Balaban J connectivity index is 1.32. The van der Waals surface area contributed by atoms with Gasteiger partial charge in [-0.05, 0) is 29.9 Å². The Morgan fingerprint density at radius 1 is 0.966 bits per heavy atom. The van der Waals surface area contributed by atoms with E-state index in [1.54, 1.807) is 0 Å². The van der Waals surface area contributed by atoms with E-state index < -0.39 is 0 Å². The monoisotopic (exact) mass is 402 g/mol. The quantitative estimate of drug-likeness (QED) is 0.552. The Labute approximate surface area is 173 Å². The van der Waals surface area contributed by atoms with Crippen molar-refractivity contribution in [2.24, 2.45) is 5.92 Å². The van der Waals surface area contributed by atoms with Crippen LogP contribution in [0.25, 0.3) is 0 Å². The predicted octanol–water partition coefficient (Wildman–Crippen LogP) is 2.01. The van der Waals surface area contributed by atoms with E-state index in [9.17, 15) is 9.59 Å². The molecule has 29 heavy (non-hydrogen) atoms. The van der Waals surface area contributed by atoms with Gasteiger partial charge in [0, 0.05) is 45.7 Å². The molecule has 3 amide bonds. The lowest BCUT2D eigenvalue weighted by Crippen LogP contribution is -2.40. The molecule has 0 atom stereocenters. The number of carbonyl (C=O) groups excluding carboxylic acids is 2. The van der Waals surface area contributed by atoms with Crippen LogP contribution in [-0.2, 0) is 22.6 Å². The summed E-state index contributed by atoms with van der Waals surface area (Å²) in [5, 5.41) is 8.62. The summed E-state index contributed by atoms with van der Waals surface area (Å²) >= 11 is 0. The third kappa shape index (κ3) is 7.66. The predicted molar refractivity (Wildman–Crippen MR) is 112 cm³/mol. The first-order valence-electron chi connectivity index (χ1n) is 10.9. The maximum Gasteiger partial charge on any atom is 0.315 e. The Kier molecular flexibility index (Phi) is 8.77. The van der Waals surface area contributed by atoms with Crippen LogP contribution in [0.2, 0.25) is 0 Å². The lowest BCUT2D eigenvalue weighted by Gasteiger charge is -2.27. The van der Waals surface area contributed by atoms with Gasteiger partial charge in [-0.25, -0.2) is 4.79 Å². The second-order valence-electron chi connectivity index (χ2n) is 7.97. The fourth-order valence-electron chi connectivity index (χ4n) is 4.05. The van der Waals surface area contributed by atoms with Crippen LogP contribution in [0.3, 0.4) is 0 Å². The van der Waals surface area contributed by atoms with Gasteiger partial charge in [0.1, 0.15) is 0 Å². The van der Waals surface area contributed by atoms with Crippen LogP contribution in [0, 0.1) is 5.92 Å². The van der Waals surface area contributed by atoms with Crippen LogP contribution in [-0.4, -0.2) is 56.2 Å². The average molecular weight is 403 g/mol. The van der Waals surface area contributed by atoms with Gasteiger partial charge in [0.15, 0.2) is 0 Å². The molecule has 1 saturated heterocycles. The zero-order valence-electron chi connectivity index (χ0n) is 17.3. The van der Waals surface area contributed by atoms with Crippen molar-refractivity contribution in [3.8, 4) is 0 Å². The van der Waals surface area contributed by atoms with E-state index in [0.717, 1.165) is 38.4 Å². The van der Waals surface area contributed by atoms with Crippen molar-refractivity contribution in [1.29, 1.82) is 0 Å². The van der Waals surface area contributed by atoms with Crippen LogP contribution < -0.4 is 16.0 Å². The Hall–Kier alpha value is -2.12. The first-order chi connectivity index (χ1) is 14.2. The second kappa shape index (κ2) is 11.8. The molecule has 3 N–H and O–H groups in total. The number of nitrogens with zero attached hydrogens (tertiary/aromatic N) is 1. The minimum Gasteiger partial charge on any atom is -0.379 e. The van der Waals surface area contributed by atoms with Gasteiger partial charge in [-0.2, -0.15) is 0 Å². The molecule has 7 nitrogen and oxygen atoms in total. The van der Waals surface area contributed by atoms with Gasteiger partial charge < -0.3 is 20.7 Å². The Morgan fingerprint density at radius 3 is 2.41 bits per heavy atom. The first-order valence-corrected chi connectivity index (χ1v) is 10.9. The lowest BCUT2D eigenvalue weighted by atomic mass is 10.0. The van der Waals surface area contributed by atoms with Crippen LogP contribution in [0.4, 0.5) is 4.79 Å².